The summed E-state index contributed by atoms with van der Waals surface area (Å²) in [6.07, 6.45) is 2.46. The van der Waals surface area contributed by atoms with Crippen LogP contribution in [-0.2, 0) is 9.84 Å². The van der Waals surface area contributed by atoms with Crippen molar-refractivity contribution in [2.75, 3.05) is 17.3 Å². The first-order chi connectivity index (χ1) is 9.77. The second kappa shape index (κ2) is 5.41. The minimum atomic E-state index is -3.24. The maximum Gasteiger partial charge on any atom is 0.250 e. The third kappa shape index (κ3) is 3.48. The number of hydrogen-bond donors (Lipinski definition) is 3. The first kappa shape index (κ1) is 14.8. The molecule has 0 saturated heterocycles. The summed E-state index contributed by atoms with van der Waals surface area (Å²) in [7, 11) is -3.24. The van der Waals surface area contributed by atoms with E-state index in [-0.39, 0.29) is 16.1 Å². The van der Waals surface area contributed by atoms with E-state index in [0.29, 0.717) is 11.5 Å². The molecule has 7 nitrogen and oxygen atoms in total. The molecule has 2 aromatic rings. The van der Waals surface area contributed by atoms with Crippen molar-refractivity contribution in [2.45, 2.75) is 4.90 Å². The fourth-order valence-electron chi connectivity index (χ4n) is 1.68. The molecule has 2 rings (SSSR count). The third-order valence-corrected chi connectivity index (χ3v) is 3.88. The lowest BCUT2D eigenvalue weighted by Crippen LogP contribution is -2.14. The Kier molecular flexibility index (Phi) is 3.81. The number of sulfone groups is 1. The molecule has 1 aromatic carbocycles. The van der Waals surface area contributed by atoms with Gasteiger partial charge >= 0.3 is 0 Å². The Morgan fingerprint density at radius 3 is 2.38 bits per heavy atom. The molecule has 21 heavy (non-hydrogen) atoms. The topological polar surface area (TPSA) is 128 Å². The highest BCUT2D eigenvalue weighted by atomic mass is 32.2. The predicted octanol–water partition coefficient (Wildman–Crippen LogP) is 0.910. The van der Waals surface area contributed by atoms with Crippen LogP contribution in [0.5, 0.6) is 0 Å². The average Bonchev–Trinajstić information content (AvgIpc) is 2.40. The molecule has 0 saturated carbocycles. The summed E-state index contributed by atoms with van der Waals surface area (Å²) >= 11 is 0. The zero-order valence-electron chi connectivity index (χ0n) is 11.2. The second-order valence-electron chi connectivity index (χ2n) is 4.44. The van der Waals surface area contributed by atoms with Crippen LogP contribution >= 0.6 is 0 Å². The Hall–Kier alpha value is -2.61. The van der Waals surface area contributed by atoms with Crippen molar-refractivity contribution >= 4 is 32.9 Å². The first-order valence-corrected chi connectivity index (χ1v) is 7.79. The van der Waals surface area contributed by atoms with Gasteiger partial charge in [0.15, 0.2) is 9.84 Å². The average molecular weight is 306 g/mol. The number of nitrogen functional groups attached to an aromatic ring is 1. The molecule has 0 aliphatic carbocycles. The number of hydrogen-bond acceptors (Lipinski definition) is 6. The van der Waals surface area contributed by atoms with E-state index in [1.54, 1.807) is 12.1 Å². The van der Waals surface area contributed by atoms with E-state index in [1.165, 1.54) is 24.4 Å². The third-order valence-electron chi connectivity index (χ3n) is 2.76. The molecule has 0 unspecified atom stereocenters. The maximum atomic E-state index is 11.4. The molecule has 1 heterocycles. The monoisotopic (exact) mass is 306 g/mol. The number of carbonyl (C=O) groups is 1. The van der Waals surface area contributed by atoms with Crippen molar-refractivity contribution in [3.63, 3.8) is 0 Å². The number of nitrogens with zero attached hydrogens (tertiary/aromatic N) is 1. The van der Waals surface area contributed by atoms with Gasteiger partial charge in [-0.15, -0.1) is 0 Å². The van der Waals surface area contributed by atoms with Crippen molar-refractivity contribution < 1.29 is 13.2 Å². The van der Waals surface area contributed by atoms with E-state index >= 15 is 0 Å². The van der Waals surface area contributed by atoms with Gasteiger partial charge in [-0.05, 0) is 30.3 Å². The molecule has 0 spiro atoms. The summed E-state index contributed by atoms with van der Waals surface area (Å²) in [6, 6.07) is 7.58. The molecule has 0 aliphatic heterocycles. The number of primary amides is 1. The molecule has 110 valence electrons. The smallest absolute Gasteiger partial charge is 0.250 e. The van der Waals surface area contributed by atoms with Crippen LogP contribution < -0.4 is 16.8 Å². The highest BCUT2D eigenvalue weighted by Gasteiger charge is 2.09. The van der Waals surface area contributed by atoms with Crippen LogP contribution in [-0.4, -0.2) is 25.6 Å². The van der Waals surface area contributed by atoms with Crippen molar-refractivity contribution in [2.24, 2.45) is 5.73 Å². The molecule has 0 atom stereocenters. The largest absolute Gasteiger partial charge is 0.397 e. The van der Waals surface area contributed by atoms with Gasteiger partial charge in [-0.2, -0.15) is 0 Å². The van der Waals surface area contributed by atoms with Crippen molar-refractivity contribution in [3.05, 3.63) is 42.1 Å². The first-order valence-electron chi connectivity index (χ1n) is 5.90. The number of rotatable bonds is 4. The van der Waals surface area contributed by atoms with Gasteiger partial charge in [0.05, 0.1) is 22.3 Å². The van der Waals surface area contributed by atoms with Crippen LogP contribution in [0.2, 0.25) is 0 Å². The minimum absolute atomic E-state index is 0.167. The Labute approximate surface area is 121 Å². The number of amides is 1. The van der Waals surface area contributed by atoms with E-state index < -0.39 is 15.7 Å². The predicted molar refractivity (Wildman–Crippen MR) is 80.0 cm³/mol. The van der Waals surface area contributed by atoms with Gasteiger partial charge in [-0.3, -0.25) is 4.79 Å². The summed E-state index contributed by atoms with van der Waals surface area (Å²) in [5.74, 6) is -0.268. The van der Waals surface area contributed by atoms with Crippen LogP contribution in [0, 0.1) is 0 Å². The summed E-state index contributed by atoms with van der Waals surface area (Å²) in [6.45, 7) is 0. The van der Waals surface area contributed by atoms with Gasteiger partial charge in [0.2, 0.25) is 0 Å². The molecule has 0 bridgehead atoms. The van der Waals surface area contributed by atoms with Crippen LogP contribution in [0.15, 0.2) is 41.4 Å². The fraction of sp³-hybridized carbons (Fsp3) is 0.0769. The number of carbonyl (C=O) groups excluding carboxylic acids is 1. The molecule has 1 aromatic heterocycles. The minimum Gasteiger partial charge on any atom is -0.397 e. The van der Waals surface area contributed by atoms with Crippen LogP contribution in [0.1, 0.15) is 10.4 Å². The van der Waals surface area contributed by atoms with Gasteiger partial charge in [0.25, 0.3) is 5.91 Å². The lowest BCUT2D eigenvalue weighted by atomic mass is 10.2. The summed E-state index contributed by atoms with van der Waals surface area (Å²) < 4.78 is 22.7. The number of nitrogens with one attached hydrogen (secondary N) is 1. The Bertz CT molecular complexity index is 786. The van der Waals surface area contributed by atoms with E-state index in [1.807, 2.05) is 0 Å². The second-order valence-corrected chi connectivity index (χ2v) is 6.46. The quantitative estimate of drug-likeness (QED) is 0.770. The van der Waals surface area contributed by atoms with Gasteiger partial charge in [0, 0.05) is 11.9 Å². The highest BCUT2D eigenvalue weighted by molar-refractivity contribution is 7.90. The number of aromatic nitrogens is 1. The van der Waals surface area contributed by atoms with Crippen molar-refractivity contribution in [1.82, 2.24) is 4.98 Å². The number of benzene rings is 1. The maximum absolute atomic E-state index is 11.4. The molecule has 0 fully saturated rings. The lowest BCUT2D eigenvalue weighted by molar-refractivity contribution is 0.100. The Morgan fingerprint density at radius 1 is 1.24 bits per heavy atom. The van der Waals surface area contributed by atoms with Gasteiger partial charge in [0.1, 0.15) is 5.82 Å². The number of pyridine rings is 1. The standard InChI is InChI=1S/C13H14N4O3S/c1-21(19,20)9-4-2-8(3-5-9)17-12-6-10(13(15)18)11(14)7-16-12/h2-7H,14H2,1H3,(H2,15,18)(H,16,17). The summed E-state index contributed by atoms with van der Waals surface area (Å²) in [4.78, 5) is 15.4. The van der Waals surface area contributed by atoms with Crippen molar-refractivity contribution in [3.8, 4) is 0 Å². The highest BCUT2D eigenvalue weighted by Crippen LogP contribution is 2.20. The molecular weight excluding hydrogens is 292 g/mol. The van der Waals surface area contributed by atoms with E-state index in [9.17, 15) is 13.2 Å². The Balaban J connectivity index is 2.26. The zero-order chi connectivity index (χ0) is 15.6. The van der Waals surface area contributed by atoms with Gasteiger partial charge in [-0.1, -0.05) is 0 Å². The summed E-state index contributed by atoms with van der Waals surface area (Å²) in [5, 5.41) is 2.94. The fourth-order valence-corrected chi connectivity index (χ4v) is 2.31. The number of anilines is 3. The molecule has 5 N–H and O–H groups in total. The zero-order valence-corrected chi connectivity index (χ0v) is 12.0. The lowest BCUT2D eigenvalue weighted by Gasteiger charge is -2.08. The number of nitrogens with two attached hydrogens (primary N) is 2. The van der Waals surface area contributed by atoms with E-state index in [4.69, 9.17) is 11.5 Å². The molecule has 8 heteroatoms. The van der Waals surface area contributed by atoms with E-state index in [2.05, 4.69) is 10.3 Å². The molecular formula is C13H14N4O3S. The van der Waals surface area contributed by atoms with Gasteiger partial charge in [-0.25, -0.2) is 13.4 Å². The molecule has 0 aliphatic rings. The van der Waals surface area contributed by atoms with Gasteiger partial charge < -0.3 is 16.8 Å². The normalized spacial score (nSPS) is 11.1. The Morgan fingerprint density at radius 2 is 1.86 bits per heavy atom. The molecule has 0 radical (unpaired) electrons. The summed E-state index contributed by atoms with van der Waals surface area (Å²) in [5.41, 5.74) is 11.8. The van der Waals surface area contributed by atoms with Crippen LogP contribution in [0.3, 0.4) is 0 Å². The van der Waals surface area contributed by atoms with Crippen LogP contribution in [0.4, 0.5) is 17.2 Å². The molecule has 1 amide bonds. The van der Waals surface area contributed by atoms with E-state index in [0.717, 1.165) is 6.26 Å². The SMILES string of the molecule is CS(=O)(=O)c1ccc(Nc2cc(C(N)=O)c(N)cn2)cc1. The van der Waals surface area contributed by atoms with Crippen molar-refractivity contribution in [1.29, 1.82) is 0 Å². The van der Waals surface area contributed by atoms with Crippen LogP contribution in [0.25, 0.3) is 0 Å².